The van der Waals surface area contributed by atoms with Crippen molar-refractivity contribution in [1.29, 1.82) is 0 Å². The number of benzene rings is 6. The molecule has 0 aliphatic heterocycles. The molecule has 22 nitrogen and oxygen atoms in total. The summed E-state index contributed by atoms with van der Waals surface area (Å²) in [6.45, 7) is 0. The molecular formula is C52H48Cl4N18O4. The summed E-state index contributed by atoms with van der Waals surface area (Å²) in [6, 6.07) is 45.2. The fourth-order valence-corrected chi connectivity index (χ4v) is 7.49. The SMILES string of the molecule is Cl.Cl.Cl.Cl.Nc1cc(Nc2cccc(C(=O)Nc3ccc(Nc4ccnc5ccc([N+](=O)[O-])cc45)cc3)c2)nc(N)n1.Nc1ccc2nccc(Nc3ccc(NC(=O)c4cccc(Nc5cc(N)nc(N)n5)c4)cc3)c2c1. The molecule has 10 rings (SSSR count). The van der Waals surface area contributed by atoms with Crippen LogP contribution in [0.25, 0.3) is 21.8 Å². The molecule has 6 aromatic carbocycles. The molecule has 0 spiro atoms. The minimum absolute atomic E-state index is 0. The average Bonchev–Trinajstić information content (AvgIpc) is 3.37. The van der Waals surface area contributed by atoms with Gasteiger partial charge in [0, 0.05) is 110 Å². The molecule has 0 saturated carbocycles. The summed E-state index contributed by atoms with van der Waals surface area (Å²) >= 11 is 0. The number of nitro groups is 1. The Bertz CT molecular complexity index is 3710. The number of anilines is 15. The maximum atomic E-state index is 12.9. The highest BCUT2D eigenvalue weighted by molar-refractivity contribution is 6.06. The largest absolute Gasteiger partial charge is 0.399 e. The van der Waals surface area contributed by atoms with Gasteiger partial charge in [-0.3, -0.25) is 29.7 Å². The van der Waals surface area contributed by atoms with Crippen molar-refractivity contribution in [2.75, 3.05) is 60.6 Å². The van der Waals surface area contributed by atoms with Crippen LogP contribution in [-0.4, -0.2) is 46.6 Å². The molecule has 0 radical (unpaired) electrons. The van der Waals surface area contributed by atoms with Crippen molar-refractivity contribution in [2.45, 2.75) is 0 Å². The molecule has 0 fully saturated rings. The molecule has 0 saturated heterocycles. The molecule has 16 N–H and O–H groups in total. The van der Waals surface area contributed by atoms with E-state index in [0.29, 0.717) is 67.8 Å². The number of carbonyl (C=O) groups is 2. The maximum Gasteiger partial charge on any atom is 0.270 e. The van der Waals surface area contributed by atoms with Gasteiger partial charge in [-0.1, -0.05) is 12.1 Å². The van der Waals surface area contributed by atoms with E-state index in [9.17, 15) is 19.7 Å². The topological polar surface area (TPSA) is 357 Å². The zero-order chi connectivity index (χ0) is 51.7. The highest BCUT2D eigenvalue weighted by atomic mass is 35.5. The van der Waals surface area contributed by atoms with E-state index < -0.39 is 4.92 Å². The predicted molar refractivity (Wildman–Crippen MR) is 320 cm³/mol. The van der Waals surface area contributed by atoms with Gasteiger partial charge in [-0.25, -0.2) is 0 Å². The van der Waals surface area contributed by atoms with Gasteiger partial charge in [0.15, 0.2) is 0 Å². The third kappa shape index (κ3) is 15.1. The Morgan fingerprint density at radius 2 is 0.859 bits per heavy atom. The number of nitrogen functional groups attached to an aromatic ring is 5. The molecule has 0 atom stereocenters. The summed E-state index contributed by atoms with van der Waals surface area (Å²) in [6.07, 6.45) is 3.37. The van der Waals surface area contributed by atoms with E-state index in [1.165, 1.54) is 18.2 Å². The Kier molecular flexibility index (Phi) is 20.0. The van der Waals surface area contributed by atoms with Crippen LogP contribution in [0.15, 0.2) is 170 Å². The van der Waals surface area contributed by atoms with E-state index >= 15 is 0 Å². The van der Waals surface area contributed by atoms with Crippen LogP contribution in [0, 0.1) is 10.1 Å². The number of non-ortho nitro benzene ring substituents is 1. The van der Waals surface area contributed by atoms with E-state index in [1.807, 2.05) is 54.6 Å². The average molecular weight is 1130 g/mol. The number of aromatic nitrogens is 6. The van der Waals surface area contributed by atoms with Crippen LogP contribution in [0.2, 0.25) is 0 Å². The van der Waals surface area contributed by atoms with Crippen LogP contribution < -0.4 is 60.6 Å². The number of fused-ring (bicyclic) bond motifs is 2. The number of nitrogens with two attached hydrogens (primary N) is 5. The quantitative estimate of drug-likeness (QED) is 0.0290. The number of amides is 2. The molecule has 0 aliphatic rings. The van der Waals surface area contributed by atoms with Gasteiger partial charge in [0.25, 0.3) is 17.5 Å². The first-order valence-electron chi connectivity index (χ1n) is 22.4. The van der Waals surface area contributed by atoms with E-state index in [2.05, 4.69) is 61.8 Å². The fourth-order valence-electron chi connectivity index (χ4n) is 7.49. The summed E-state index contributed by atoms with van der Waals surface area (Å²) in [4.78, 5) is 60.9. The molecule has 26 heteroatoms. The molecule has 4 aromatic heterocycles. The number of carbonyl (C=O) groups excluding carboxylic acids is 2. The summed E-state index contributed by atoms with van der Waals surface area (Å²) in [5.41, 5.74) is 37.4. The minimum Gasteiger partial charge on any atom is -0.399 e. The second-order valence-electron chi connectivity index (χ2n) is 16.2. The highest BCUT2D eigenvalue weighted by Gasteiger charge is 2.13. The highest BCUT2D eigenvalue weighted by Crippen LogP contribution is 2.31. The second-order valence-corrected chi connectivity index (χ2v) is 16.2. The van der Waals surface area contributed by atoms with Crippen LogP contribution in [0.5, 0.6) is 0 Å². The Labute approximate surface area is 469 Å². The smallest absolute Gasteiger partial charge is 0.270 e. The van der Waals surface area contributed by atoms with Crippen molar-refractivity contribution in [2.24, 2.45) is 0 Å². The van der Waals surface area contributed by atoms with Gasteiger partial charge >= 0.3 is 0 Å². The van der Waals surface area contributed by atoms with E-state index in [0.717, 1.165) is 28.0 Å². The standard InChI is InChI=1S/C26H21N9O3.C26H23N9O.4ClH/c27-23-14-24(34-26(28)33-23)31-18-3-1-2-15(12-18)25(36)32-17-6-4-16(5-7-17)30-22-10-11-29-21-9-8-19(35(37)38)13-20(21)22;27-16-4-9-21-20(13-16)22(10-11-30-21)31-17-5-7-18(8-6-17)33-25(36)15-2-1-3-19(12-15)32-24-14-23(28)34-26(29)35-24;;;;/h1-14H,(H,29,30)(H,32,36)(H5,27,28,31,33,34);1-14H,27H2,(H,30,31)(H,33,36)(H5,28,29,32,34,35);4*1H. The van der Waals surface area contributed by atoms with Crippen molar-refractivity contribution in [3.8, 4) is 0 Å². The van der Waals surface area contributed by atoms with Crippen molar-refractivity contribution in [3.63, 3.8) is 0 Å². The zero-order valence-electron chi connectivity index (χ0n) is 40.4. The molecule has 10 aromatic rings. The van der Waals surface area contributed by atoms with Crippen molar-refractivity contribution in [1.82, 2.24) is 29.9 Å². The molecule has 398 valence electrons. The first kappa shape index (κ1) is 58.9. The Morgan fingerprint density at radius 1 is 0.436 bits per heavy atom. The van der Waals surface area contributed by atoms with Gasteiger partial charge in [-0.05, 0) is 121 Å². The Hall–Kier alpha value is -10.0. The van der Waals surface area contributed by atoms with Gasteiger partial charge in [0.05, 0.1) is 16.0 Å². The lowest BCUT2D eigenvalue weighted by Crippen LogP contribution is -2.12. The Balaban J connectivity index is 0.000000274. The monoisotopic (exact) mass is 1130 g/mol. The number of pyridine rings is 2. The van der Waals surface area contributed by atoms with E-state index in [4.69, 9.17) is 28.7 Å². The van der Waals surface area contributed by atoms with E-state index in [1.54, 1.807) is 97.3 Å². The van der Waals surface area contributed by atoms with Gasteiger partial charge in [-0.2, -0.15) is 19.9 Å². The first-order chi connectivity index (χ1) is 35.8. The number of hydrogen-bond donors (Lipinski definition) is 11. The molecule has 0 unspecified atom stereocenters. The van der Waals surface area contributed by atoms with Crippen molar-refractivity contribution in [3.05, 3.63) is 191 Å². The van der Waals surface area contributed by atoms with Crippen LogP contribution >= 0.6 is 49.6 Å². The summed E-state index contributed by atoms with van der Waals surface area (Å²) < 4.78 is 0. The molecule has 0 aliphatic carbocycles. The van der Waals surface area contributed by atoms with Crippen LogP contribution in [-0.2, 0) is 0 Å². The fraction of sp³-hybridized carbons (Fsp3) is 0. The number of nitro benzene ring substituents is 1. The number of nitrogens with one attached hydrogen (secondary N) is 6. The molecule has 78 heavy (non-hydrogen) atoms. The predicted octanol–water partition coefficient (Wildman–Crippen LogP) is 11.0. The zero-order valence-corrected chi connectivity index (χ0v) is 43.7. The lowest BCUT2D eigenvalue weighted by atomic mass is 10.1. The number of nitrogens with zero attached hydrogens (tertiary/aromatic N) is 7. The lowest BCUT2D eigenvalue weighted by molar-refractivity contribution is -0.384. The normalized spacial score (nSPS) is 10.1. The van der Waals surface area contributed by atoms with Crippen LogP contribution in [0.4, 0.5) is 92.0 Å². The summed E-state index contributed by atoms with van der Waals surface area (Å²) in [7, 11) is 0. The maximum absolute atomic E-state index is 12.9. The van der Waals surface area contributed by atoms with Gasteiger partial charge in [-0.15, -0.1) is 49.6 Å². The number of hydrogen-bond acceptors (Lipinski definition) is 19. The van der Waals surface area contributed by atoms with E-state index in [-0.39, 0.29) is 90.7 Å². The molecule has 0 bridgehead atoms. The van der Waals surface area contributed by atoms with Crippen LogP contribution in [0.3, 0.4) is 0 Å². The molecular weight excluding hydrogens is 1080 g/mol. The van der Waals surface area contributed by atoms with Gasteiger partial charge in [0.2, 0.25) is 11.9 Å². The Morgan fingerprint density at radius 3 is 1.29 bits per heavy atom. The molecule has 4 heterocycles. The van der Waals surface area contributed by atoms with Crippen LogP contribution in [0.1, 0.15) is 20.7 Å². The number of halogens is 4. The lowest BCUT2D eigenvalue weighted by Gasteiger charge is -2.12. The first-order valence-corrected chi connectivity index (χ1v) is 22.4. The minimum atomic E-state index is -0.443. The third-order valence-electron chi connectivity index (χ3n) is 10.9. The van der Waals surface area contributed by atoms with Gasteiger partial charge in [0.1, 0.15) is 23.3 Å². The third-order valence-corrected chi connectivity index (χ3v) is 10.9. The summed E-state index contributed by atoms with van der Waals surface area (Å²) in [5.74, 6) is 0.865. The number of rotatable bonds is 13. The summed E-state index contributed by atoms with van der Waals surface area (Å²) in [5, 5.41) is 31.3. The van der Waals surface area contributed by atoms with Crippen molar-refractivity contribution < 1.29 is 14.5 Å². The van der Waals surface area contributed by atoms with Gasteiger partial charge < -0.3 is 60.6 Å². The second kappa shape index (κ2) is 26.5. The molecule has 2 amide bonds. The van der Waals surface area contributed by atoms with Crippen molar-refractivity contribution >= 4 is 175 Å².